The molecule has 1 amide bonds. The summed E-state index contributed by atoms with van der Waals surface area (Å²) in [6, 6.07) is 16.4. The Balaban J connectivity index is 1.32. The van der Waals surface area contributed by atoms with E-state index in [1.165, 1.54) is 44.9 Å². The quantitative estimate of drug-likeness (QED) is 0.335. The van der Waals surface area contributed by atoms with Crippen LogP contribution in [0.4, 0.5) is 0 Å². The molecule has 5 heteroatoms. The summed E-state index contributed by atoms with van der Waals surface area (Å²) in [5.74, 6) is 1.87. The molecule has 0 bridgehead atoms. The molecule has 1 saturated carbocycles. The van der Waals surface area contributed by atoms with Gasteiger partial charge in [0, 0.05) is 37.3 Å². The van der Waals surface area contributed by atoms with E-state index in [9.17, 15) is 4.79 Å². The number of aromatic nitrogens is 1. The fraction of sp³-hybridized carbons (Fsp3) is 0.500. The highest BCUT2D eigenvalue weighted by atomic mass is 16.5. The molecule has 186 valence electrons. The van der Waals surface area contributed by atoms with E-state index < -0.39 is 0 Å². The third kappa shape index (κ3) is 6.07. The van der Waals surface area contributed by atoms with Gasteiger partial charge in [0.05, 0.1) is 24.3 Å². The molecule has 1 aromatic heterocycles. The summed E-state index contributed by atoms with van der Waals surface area (Å²) in [4.78, 5) is 15.3. The first-order chi connectivity index (χ1) is 17.3. The summed E-state index contributed by atoms with van der Waals surface area (Å²) in [5, 5.41) is 1.01. The van der Waals surface area contributed by atoms with E-state index in [2.05, 4.69) is 35.0 Å². The molecule has 0 N–H and O–H groups in total. The van der Waals surface area contributed by atoms with Gasteiger partial charge in [-0.3, -0.25) is 4.79 Å². The second kappa shape index (κ2) is 11.8. The maximum absolute atomic E-state index is 13.4. The molecule has 0 radical (unpaired) electrons. The molecule has 2 heterocycles. The van der Waals surface area contributed by atoms with E-state index in [4.69, 9.17) is 9.47 Å². The topological polar surface area (TPSA) is 43.7 Å². The number of morpholine rings is 1. The van der Waals surface area contributed by atoms with Gasteiger partial charge < -0.3 is 18.9 Å². The van der Waals surface area contributed by atoms with Gasteiger partial charge in [0.2, 0.25) is 0 Å². The van der Waals surface area contributed by atoms with Crippen molar-refractivity contribution < 1.29 is 14.3 Å². The van der Waals surface area contributed by atoms with Crippen LogP contribution in [0.5, 0.6) is 5.75 Å². The van der Waals surface area contributed by atoms with Gasteiger partial charge in [0.25, 0.3) is 5.91 Å². The van der Waals surface area contributed by atoms with E-state index in [1.807, 2.05) is 29.2 Å². The van der Waals surface area contributed by atoms with Crippen molar-refractivity contribution in [2.45, 2.75) is 64.5 Å². The number of nitrogens with zero attached hydrogens (tertiary/aromatic N) is 2. The van der Waals surface area contributed by atoms with E-state index in [-0.39, 0.29) is 5.91 Å². The van der Waals surface area contributed by atoms with Crippen LogP contribution < -0.4 is 4.74 Å². The summed E-state index contributed by atoms with van der Waals surface area (Å²) in [5.41, 5.74) is 3.03. The number of carbonyl (C=O) groups is 1. The van der Waals surface area contributed by atoms with Crippen molar-refractivity contribution in [2.24, 2.45) is 5.92 Å². The van der Waals surface area contributed by atoms with Crippen LogP contribution in [0.1, 0.15) is 67.3 Å². The molecular weight excluding hydrogens is 436 g/mol. The molecule has 35 heavy (non-hydrogen) atoms. The molecule has 0 atom stereocenters. The standard InChI is InChI=1S/C30H38N2O3/c33-30(31-17-19-34-20-18-31)28-22-32(16-8-7-11-24-9-3-1-4-10-24)29-21-26(14-15-27(28)29)35-23-25-12-5-2-6-13-25/h2,5-6,12-15,21-22,24H,1,3-4,7-11,16-20,23H2. The second-order valence-corrected chi connectivity index (χ2v) is 10.1. The summed E-state index contributed by atoms with van der Waals surface area (Å²) >= 11 is 0. The molecule has 2 fully saturated rings. The number of ether oxygens (including phenoxy) is 2. The van der Waals surface area contributed by atoms with Crippen molar-refractivity contribution in [1.29, 1.82) is 0 Å². The van der Waals surface area contributed by atoms with Crippen LogP contribution in [-0.4, -0.2) is 41.7 Å². The van der Waals surface area contributed by atoms with Gasteiger partial charge in [-0.1, -0.05) is 75.3 Å². The minimum atomic E-state index is 0.109. The number of amides is 1. The van der Waals surface area contributed by atoms with Crippen LogP contribution in [-0.2, 0) is 17.9 Å². The van der Waals surface area contributed by atoms with Crippen LogP contribution >= 0.6 is 0 Å². The molecule has 1 aliphatic heterocycles. The number of carbonyl (C=O) groups excluding carboxylic acids is 1. The van der Waals surface area contributed by atoms with Crippen LogP contribution in [0.2, 0.25) is 0 Å². The molecule has 0 unspecified atom stereocenters. The van der Waals surface area contributed by atoms with Crippen molar-refractivity contribution in [3.8, 4) is 5.75 Å². The van der Waals surface area contributed by atoms with Gasteiger partial charge in [-0.2, -0.15) is 0 Å². The lowest BCUT2D eigenvalue weighted by Crippen LogP contribution is -2.40. The van der Waals surface area contributed by atoms with Gasteiger partial charge in [-0.15, -0.1) is 0 Å². The van der Waals surface area contributed by atoms with E-state index in [1.54, 1.807) is 0 Å². The zero-order chi connectivity index (χ0) is 23.9. The lowest BCUT2D eigenvalue weighted by atomic mass is 9.86. The zero-order valence-corrected chi connectivity index (χ0v) is 20.8. The smallest absolute Gasteiger partial charge is 0.256 e. The van der Waals surface area contributed by atoms with E-state index in [0.717, 1.165) is 46.7 Å². The Labute approximate surface area is 209 Å². The Morgan fingerprint density at radius 3 is 2.57 bits per heavy atom. The molecule has 3 aromatic rings. The third-order valence-corrected chi connectivity index (χ3v) is 7.62. The number of rotatable bonds is 9. The van der Waals surface area contributed by atoms with Crippen molar-refractivity contribution >= 4 is 16.8 Å². The van der Waals surface area contributed by atoms with Gasteiger partial charge in [-0.25, -0.2) is 0 Å². The average molecular weight is 475 g/mol. The summed E-state index contributed by atoms with van der Waals surface area (Å²) in [7, 11) is 0. The van der Waals surface area contributed by atoms with Gasteiger partial charge >= 0.3 is 0 Å². The van der Waals surface area contributed by atoms with Crippen molar-refractivity contribution in [3.63, 3.8) is 0 Å². The molecule has 1 aliphatic carbocycles. The number of hydrogen-bond acceptors (Lipinski definition) is 3. The molecule has 0 spiro atoms. The predicted octanol–water partition coefficient (Wildman–Crippen LogP) is 6.44. The largest absolute Gasteiger partial charge is 0.489 e. The minimum absolute atomic E-state index is 0.109. The molecular formula is C30H38N2O3. The summed E-state index contributed by atoms with van der Waals surface area (Å²) in [6.45, 7) is 4.01. The normalized spacial score (nSPS) is 17.1. The van der Waals surface area contributed by atoms with Crippen molar-refractivity contribution in [1.82, 2.24) is 9.47 Å². The number of aryl methyl sites for hydroxylation is 1. The minimum Gasteiger partial charge on any atom is -0.489 e. The highest BCUT2D eigenvalue weighted by Crippen LogP contribution is 2.30. The highest BCUT2D eigenvalue weighted by Gasteiger charge is 2.23. The first kappa shape index (κ1) is 23.9. The molecule has 2 aliphatic rings. The Bertz CT molecular complexity index is 1100. The molecule has 5 nitrogen and oxygen atoms in total. The second-order valence-electron chi connectivity index (χ2n) is 10.1. The number of fused-ring (bicyclic) bond motifs is 1. The Morgan fingerprint density at radius 1 is 0.971 bits per heavy atom. The summed E-state index contributed by atoms with van der Waals surface area (Å²) < 4.78 is 13.9. The SMILES string of the molecule is O=C(c1cn(CCCCC2CCCCC2)c2cc(OCc3ccccc3)ccc12)N1CCOCC1. The van der Waals surface area contributed by atoms with E-state index in [0.29, 0.717) is 32.9 Å². The van der Waals surface area contributed by atoms with Gasteiger partial charge in [0.1, 0.15) is 12.4 Å². The fourth-order valence-electron chi connectivity index (χ4n) is 5.59. The first-order valence-electron chi connectivity index (χ1n) is 13.4. The number of benzene rings is 2. The molecule has 2 aromatic carbocycles. The maximum atomic E-state index is 13.4. The molecule has 1 saturated heterocycles. The average Bonchev–Trinajstić information content (AvgIpc) is 3.29. The van der Waals surface area contributed by atoms with Crippen LogP contribution in [0.25, 0.3) is 10.9 Å². The third-order valence-electron chi connectivity index (χ3n) is 7.62. The zero-order valence-electron chi connectivity index (χ0n) is 20.8. The monoisotopic (exact) mass is 474 g/mol. The Morgan fingerprint density at radius 2 is 1.77 bits per heavy atom. The number of hydrogen-bond donors (Lipinski definition) is 0. The predicted molar refractivity (Wildman–Crippen MR) is 140 cm³/mol. The number of unbranched alkanes of at least 4 members (excludes halogenated alkanes) is 1. The summed E-state index contributed by atoms with van der Waals surface area (Å²) in [6.07, 6.45) is 12.9. The highest BCUT2D eigenvalue weighted by molar-refractivity contribution is 6.07. The Kier molecular flexibility index (Phi) is 8.04. The first-order valence-corrected chi connectivity index (χ1v) is 13.4. The van der Waals surface area contributed by atoms with Crippen LogP contribution in [0, 0.1) is 5.92 Å². The van der Waals surface area contributed by atoms with Crippen LogP contribution in [0.3, 0.4) is 0 Å². The fourth-order valence-corrected chi connectivity index (χ4v) is 5.59. The molecule has 5 rings (SSSR count). The lowest BCUT2D eigenvalue weighted by Gasteiger charge is -2.26. The van der Waals surface area contributed by atoms with Crippen molar-refractivity contribution in [2.75, 3.05) is 26.3 Å². The van der Waals surface area contributed by atoms with E-state index >= 15 is 0 Å². The Hall–Kier alpha value is -2.79. The van der Waals surface area contributed by atoms with Gasteiger partial charge in [-0.05, 0) is 30.0 Å². The maximum Gasteiger partial charge on any atom is 0.256 e. The van der Waals surface area contributed by atoms with Gasteiger partial charge in [0.15, 0.2) is 0 Å². The van der Waals surface area contributed by atoms with Crippen molar-refractivity contribution in [3.05, 3.63) is 65.9 Å². The lowest BCUT2D eigenvalue weighted by molar-refractivity contribution is 0.0304. The van der Waals surface area contributed by atoms with Crippen LogP contribution in [0.15, 0.2) is 54.7 Å².